The first-order chi connectivity index (χ1) is 7.70. The molecule has 0 aliphatic rings. The highest BCUT2D eigenvalue weighted by Gasteiger charge is 2.10. The highest BCUT2D eigenvalue weighted by Crippen LogP contribution is 2.23. The summed E-state index contributed by atoms with van der Waals surface area (Å²) in [6.07, 6.45) is 1.97. The third-order valence-corrected chi connectivity index (χ3v) is 2.32. The van der Waals surface area contributed by atoms with Crippen LogP contribution in [0, 0.1) is 13.5 Å². The van der Waals surface area contributed by atoms with Gasteiger partial charge in [-0.2, -0.15) is 0 Å². The zero-order valence-electron chi connectivity index (χ0n) is 9.19. The van der Waals surface area contributed by atoms with Crippen molar-refractivity contribution in [2.45, 2.75) is 26.5 Å². The van der Waals surface area contributed by atoms with Crippen LogP contribution in [-0.4, -0.2) is 26.8 Å². The summed E-state index contributed by atoms with van der Waals surface area (Å²) in [5, 5.41) is 30.3. The first-order valence-corrected chi connectivity index (χ1v) is 5.05. The standard InChI is InChI=1S/C11H16N2O3/c1-8-11(16)10(6-12-3-2-4-14)9(7-15)5-13-8/h5,12,14-16H,2-3,6-7H2,1H3. The van der Waals surface area contributed by atoms with Crippen LogP contribution in [0.4, 0.5) is 0 Å². The maximum atomic E-state index is 9.79. The van der Waals surface area contributed by atoms with Gasteiger partial charge < -0.3 is 20.6 Å². The Morgan fingerprint density at radius 3 is 2.88 bits per heavy atom. The summed E-state index contributed by atoms with van der Waals surface area (Å²) in [5.74, 6) is 0.107. The van der Waals surface area contributed by atoms with Gasteiger partial charge in [0.05, 0.1) is 12.3 Å². The van der Waals surface area contributed by atoms with Crippen LogP contribution in [0.2, 0.25) is 0 Å². The Morgan fingerprint density at radius 2 is 2.25 bits per heavy atom. The molecule has 0 atom stereocenters. The fourth-order valence-electron chi connectivity index (χ4n) is 1.38. The monoisotopic (exact) mass is 224 g/mol. The van der Waals surface area contributed by atoms with Crippen molar-refractivity contribution in [3.05, 3.63) is 29.6 Å². The van der Waals surface area contributed by atoms with Gasteiger partial charge in [-0.1, -0.05) is 0 Å². The maximum absolute atomic E-state index is 9.79. The molecule has 5 nitrogen and oxygen atoms in total. The lowest BCUT2D eigenvalue weighted by atomic mass is 10.1. The second kappa shape index (κ2) is 6.42. The zero-order valence-corrected chi connectivity index (χ0v) is 9.19. The molecule has 1 aromatic rings. The Morgan fingerprint density at radius 1 is 1.50 bits per heavy atom. The zero-order chi connectivity index (χ0) is 12.0. The molecule has 1 rings (SSSR count). The quantitative estimate of drug-likeness (QED) is 0.528. The molecule has 0 saturated heterocycles. The van der Waals surface area contributed by atoms with Gasteiger partial charge in [0.2, 0.25) is 0 Å². The molecule has 16 heavy (non-hydrogen) atoms. The summed E-state index contributed by atoms with van der Waals surface area (Å²) in [7, 11) is 0. The number of aliphatic hydroxyl groups is 2. The van der Waals surface area contributed by atoms with Crippen LogP contribution >= 0.6 is 0 Å². The number of aryl methyl sites for hydroxylation is 1. The first-order valence-electron chi connectivity index (χ1n) is 5.05. The van der Waals surface area contributed by atoms with E-state index >= 15 is 0 Å². The summed E-state index contributed by atoms with van der Waals surface area (Å²) in [4.78, 5) is 3.96. The molecular weight excluding hydrogens is 208 g/mol. The van der Waals surface area contributed by atoms with E-state index < -0.39 is 0 Å². The van der Waals surface area contributed by atoms with E-state index in [9.17, 15) is 5.11 Å². The number of hydrogen-bond donors (Lipinski definition) is 4. The minimum atomic E-state index is -0.157. The summed E-state index contributed by atoms with van der Waals surface area (Å²) in [5.41, 5.74) is 1.79. The summed E-state index contributed by atoms with van der Waals surface area (Å²) < 4.78 is 0. The molecule has 0 aliphatic carbocycles. The van der Waals surface area contributed by atoms with Gasteiger partial charge in [-0.3, -0.25) is 4.98 Å². The van der Waals surface area contributed by atoms with E-state index in [0.29, 0.717) is 36.3 Å². The van der Waals surface area contributed by atoms with E-state index in [0.717, 1.165) is 0 Å². The molecule has 0 aliphatic heterocycles. The Balaban J connectivity index is 2.72. The van der Waals surface area contributed by atoms with Crippen molar-refractivity contribution in [3.63, 3.8) is 0 Å². The number of rotatable bonds is 6. The van der Waals surface area contributed by atoms with E-state index in [1.165, 1.54) is 0 Å². The van der Waals surface area contributed by atoms with Crippen molar-refractivity contribution in [1.29, 1.82) is 0 Å². The van der Waals surface area contributed by atoms with E-state index in [1.807, 2.05) is 6.61 Å². The molecule has 0 spiro atoms. The van der Waals surface area contributed by atoms with Crippen LogP contribution in [0.3, 0.4) is 0 Å². The highest BCUT2D eigenvalue weighted by molar-refractivity contribution is 5.40. The normalized spacial score (nSPS) is 10.7. The summed E-state index contributed by atoms with van der Waals surface area (Å²) >= 11 is 0. The summed E-state index contributed by atoms with van der Waals surface area (Å²) in [6.45, 7) is 4.55. The van der Waals surface area contributed by atoms with Crippen LogP contribution in [0.1, 0.15) is 23.2 Å². The molecule has 0 unspecified atom stereocenters. The lowest BCUT2D eigenvalue weighted by Gasteiger charge is -2.11. The molecule has 1 aromatic heterocycles. The van der Waals surface area contributed by atoms with Crippen LogP contribution < -0.4 is 5.32 Å². The number of aliphatic hydroxyl groups excluding tert-OH is 2. The second-order valence-electron chi connectivity index (χ2n) is 3.44. The predicted molar refractivity (Wildman–Crippen MR) is 58.1 cm³/mol. The molecule has 0 fully saturated rings. The van der Waals surface area contributed by atoms with E-state index in [1.54, 1.807) is 13.1 Å². The third kappa shape index (κ3) is 3.16. The van der Waals surface area contributed by atoms with E-state index in [2.05, 4.69) is 10.3 Å². The minimum Gasteiger partial charge on any atom is -0.506 e. The smallest absolute Gasteiger partial charge is 0.141 e. The summed E-state index contributed by atoms with van der Waals surface area (Å²) in [6, 6.07) is 0. The Kier molecular flexibility index (Phi) is 5.18. The predicted octanol–water partition coefficient (Wildman–Crippen LogP) is 0.479. The molecule has 4 N–H and O–H groups in total. The minimum absolute atomic E-state index is 0.107. The molecule has 0 aromatic carbocycles. The van der Waals surface area contributed by atoms with Gasteiger partial charge in [0.1, 0.15) is 12.4 Å². The van der Waals surface area contributed by atoms with Gasteiger partial charge in [0.15, 0.2) is 0 Å². The second-order valence-corrected chi connectivity index (χ2v) is 3.44. The third-order valence-electron chi connectivity index (χ3n) is 2.32. The molecule has 0 saturated carbocycles. The van der Waals surface area contributed by atoms with Crippen molar-refractivity contribution in [2.24, 2.45) is 0 Å². The fraction of sp³-hybridized carbons (Fsp3) is 0.455. The number of nitrogens with zero attached hydrogens (tertiary/aromatic N) is 1. The van der Waals surface area contributed by atoms with Gasteiger partial charge in [0.25, 0.3) is 0 Å². The number of pyridine rings is 1. The van der Waals surface area contributed by atoms with E-state index in [-0.39, 0.29) is 12.4 Å². The van der Waals surface area contributed by atoms with Crippen LogP contribution in [-0.2, 0) is 13.2 Å². The number of aromatic nitrogens is 1. The van der Waals surface area contributed by atoms with Crippen molar-refractivity contribution < 1.29 is 15.3 Å². The molecule has 5 heteroatoms. The first kappa shape index (κ1) is 12.9. The van der Waals surface area contributed by atoms with Gasteiger partial charge in [-0.15, -0.1) is 0 Å². The van der Waals surface area contributed by atoms with Gasteiger partial charge in [-0.25, -0.2) is 0 Å². The molecular formula is C11H16N2O3. The molecule has 0 bridgehead atoms. The molecule has 1 heterocycles. The van der Waals surface area contributed by atoms with Gasteiger partial charge in [-0.05, 0) is 19.9 Å². The van der Waals surface area contributed by atoms with Crippen LogP contribution in [0.25, 0.3) is 0 Å². The average molecular weight is 224 g/mol. The lowest BCUT2D eigenvalue weighted by molar-refractivity contribution is 0.278. The van der Waals surface area contributed by atoms with Crippen molar-refractivity contribution >= 4 is 0 Å². The van der Waals surface area contributed by atoms with Crippen molar-refractivity contribution in [2.75, 3.05) is 6.54 Å². The van der Waals surface area contributed by atoms with Crippen LogP contribution in [0.15, 0.2) is 6.20 Å². The van der Waals surface area contributed by atoms with Gasteiger partial charge >= 0.3 is 0 Å². The van der Waals surface area contributed by atoms with E-state index in [4.69, 9.17) is 10.2 Å². The highest BCUT2D eigenvalue weighted by atomic mass is 16.3. The average Bonchev–Trinajstić information content (AvgIpc) is 2.30. The topological polar surface area (TPSA) is 85.6 Å². The lowest BCUT2D eigenvalue weighted by Crippen LogP contribution is -2.16. The van der Waals surface area contributed by atoms with Crippen molar-refractivity contribution in [1.82, 2.24) is 10.3 Å². The van der Waals surface area contributed by atoms with Gasteiger partial charge in [0, 0.05) is 23.9 Å². The fourth-order valence-corrected chi connectivity index (χ4v) is 1.38. The van der Waals surface area contributed by atoms with Crippen molar-refractivity contribution in [3.8, 4) is 5.75 Å². The number of nitrogens with one attached hydrogen (secondary N) is 1. The number of hydrogen-bond acceptors (Lipinski definition) is 5. The molecule has 2 radical (unpaired) electrons. The Bertz CT molecular complexity index is 342. The maximum Gasteiger partial charge on any atom is 0.141 e. The SMILES string of the molecule is Cc1ncc(CO)c(CNCC[C]O)c1O. The largest absolute Gasteiger partial charge is 0.506 e. The Hall–Kier alpha value is -1.17. The molecule has 0 amide bonds. The van der Waals surface area contributed by atoms with Crippen LogP contribution in [0.5, 0.6) is 5.75 Å². The number of aromatic hydroxyl groups is 1. The molecule has 88 valence electrons. The Labute approximate surface area is 94.8 Å².